The fraction of sp³-hybridized carbons (Fsp3) is 0.111. The Morgan fingerprint density at radius 2 is 1.83 bits per heavy atom. The summed E-state index contributed by atoms with van der Waals surface area (Å²) in [5.74, 6) is 0. The monoisotopic (exact) mass is 216 g/mol. The molecule has 0 saturated heterocycles. The maximum atomic E-state index is 5.91. The van der Waals surface area contributed by atoms with E-state index in [0.29, 0.717) is 0 Å². The van der Waals surface area contributed by atoms with Gasteiger partial charge in [-0.3, -0.25) is 0 Å². The van der Waals surface area contributed by atoms with E-state index in [1.807, 2.05) is 43.3 Å². The molecule has 0 nitrogen and oxygen atoms in total. The Morgan fingerprint density at radius 1 is 1.25 bits per heavy atom. The maximum Gasteiger partial charge on any atom is 0.266 e. The minimum atomic E-state index is -1.71. The van der Waals surface area contributed by atoms with Crippen LogP contribution in [0, 0.1) is 0 Å². The second-order valence-corrected chi connectivity index (χ2v) is 6.92. The van der Waals surface area contributed by atoms with Crippen LogP contribution in [-0.4, -0.2) is 7.42 Å². The van der Waals surface area contributed by atoms with Crippen molar-refractivity contribution in [2.24, 2.45) is 0 Å². The molecule has 3 heteroatoms. The van der Waals surface area contributed by atoms with Crippen LogP contribution in [0.15, 0.2) is 36.4 Å². The fourth-order valence-corrected chi connectivity index (χ4v) is 3.26. The van der Waals surface area contributed by atoms with Gasteiger partial charge in [0, 0.05) is 0 Å². The second kappa shape index (κ2) is 4.70. The number of benzene rings is 1. The first kappa shape index (κ1) is 9.84. The van der Waals surface area contributed by atoms with E-state index in [1.165, 1.54) is 0 Å². The molecule has 0 aliphatic heterocycles. The van der Waals surface area contributed by atoms with Crippen molar-refractivity contribution in [3.8, 4) is 0 Å². The van der Waals surface area contributed by atoms with Gasteiger partial charge in [0.05, 0.1) is 0 Å². The lowest BCUT2D eigenvalue weighted by Gasteiger charge is -2.05. The minimum absolute atomic E-state index is 1.10. The molecule has 0 bridgehead atoms. The van der Waals surface area contributed by atoms with Crippen LogP contribution >= 0.6 is 22.2 Å². The van der Waals surface area contributed by atoms with E-state index in [0.717, 1.165) is 10.8 Å². The first-order chi connectivity index (χ1) is 5.75. The van der Waals surface area contributed by atoms with Crippen molar-refractivity contribution in [2.75, 3.05) is 0 Å². The van der Waals surface area contributed by atoms with E-state index in [4.69, 9.17) is 22.2 Å². The van der Waals surface area contributed by atoms with Crippen LogP contribution in [0.3, 0.4) is 0 Å². The van der Waals surface area contributed by atoms with Crippen molar-refractivity contribution in [1.82, 2.24) is 0 Å². The highest BCUT2D eigenvalue weighted by Gasteiger charge is 2.10. The molecule has 64 valence electrons. The van der Waals surface area contributed by atoms with Crippen molar-refractivity contribution in [2.45, 2.75) is 6.92 Å². The van der Waals surface area contributed by atoms with E-state index in [9.17, 15) is 0 Å². The summed E-state index contributed by atoms with van der Waals surface area (Å²) in [5.41, 5.74) is 1.14. The Balaban J connectivity index is 2.97. The molecule has 1 aromatic carbocycles. The smallest absolute Gasteiger partial charge is 0.144 e. The molecule has 0 fully saturated rings. The van der Waals surface area contributed by atoms with Crippen molar-refractivity contribution >= 4 is 34.8 Å². The summed E-state index contributed by atoms with van der Waals surface area (Å²) >= 11 is 11.8. The Hall–Kier alpha value is -0.243. The average Bonchev–Trinajstić information content (AvgIpc) is 2.07. The van der Waals surface area contributed by atoms with Gasteiger partial charge >= 0.3 is 0 Å². The predicted molar refractivity (Wildman–Crippen MR) is 58.9 cm³/mol. The summed E-state index contributed by atoms with van der Waals surface area (Å²) in [6.45, 7) is 1.97. The molecule has 0 aliphatic carbocycles. The summed E-state index contributed by atoms with van der Waals surface area (Å²) in [6, 6.07) is 10.0. The highest BCUT2D eigenvalue weighted by Crippen LogP contribution is 2.21. The second-order valence-electron chi connectivity index (χ2n) is 2.41. The van der Waals surface area contributed by atoms with Gasteiger partial charge in [-0.15, -0.1) is 22.2 Å². The van der Waals surface area contributed by atoms with Gasteiger partial charge in [0.1, 0.15) is 0 Å². The Bertz CT molecular complexity index is 267. The molecule has 0 aliphatic rings. The number of halogens is 2. The van der Waals surface area contributed by atoms with Gasteiger partial charge in [-0.1, -0.05) is 36.4 Å². The average molecular weight is 217 g/mol. The van der Waals surface area contributed by atoms with Gasteiger partial charge in [-0.2, -0.15) is 0 Å². The molecule has 1 rings (SSSR count). The molecule has 12 heavy (non-hydrogen) atoms. The van der Waals surface area contributed by atoms with E-state index < -0.39 is 7.42 Å². The maximum absolute atomic E-state index is 5.91. The lowest BCUT2D eigenvalue weighted by Crippen LogP contribution is -1.97. The molecule has 0 saturated carbocycles. The minimum Gasteiger partial charge on any atom is -0.144 e. The SMILES string of the molecule is CC=C(c1ccccc1)[SiH](Cl)Cl. The molecular weight excluding hydrogens is 207 g/mol. The standard InChI is InChI=1S/C9H10Cl2Si/c1-2-9(12(10)11)8-6-4-3-5-7-8/h2-7,12H,1H3. The van der Waals surface area contributed by atoms with Crippen LogP contribution in [0.5, 0.6) is 0 Å². The summed E-state index contributed by atoms with van der Waals surface area (Å²) in [4.78, 5) is 0. The lowest BCUT2D eigenvalue weighted by atomic mass is 10.2. The Labute approximate surface area is 83.8 Å². The summed E-state index contributed by atoms with van der Waals surface area (Å²) < 4.78 is 0. The normalized spacial score (nSPS) is 12.2. The van der Waals surface area contributed by atoms with E-state index in [1.54, 1.807) is 0 Å². The molecule has 0 heterocycles. The zero-order chi connectivity index (χ0) is 8.97. The molecule has 0 aromatic heterocycles. The van der Waals surface area contributed by atoms with E-state index >= 15 is 0 Å². The van der Waals surface area contributed by atoms with Crippen LogP contribution < -0.4 is 0 Å². The zero-order valence-corrected chi connectivity index (χ0v) is 9.46. The quantitative estimate of drug-likeness (QED) is 0.526. The van der Waals surface area contributed by atoms with Gasteiger partial charge in [0.15, 0.2) is 0 Å². The summed E-state index contributed by atoms with van der Waals surface area (Å²) in [5, 5.41) is 1.10. The molecule has 0 N–H and O–H groups in total. The number of allylic oxidation sites excluding steroid dienone is 1. The first-order valence-corrected chi connectivity index (χ1v) is 7.82. The number of rotatable bonds is 2. The van der Waals surface area contributed by atoms with Gasteiger partial charge in [-0.05, 0) is 17.7 Å². The molecular formula is C9H10Cl2Si. The topological polar surface area (TPSA) is 0 Å². The summed E-state index contributed by atoms with van der Waals surface area (Å²) in [6.07, 6.45) is 1.99. The van der Waals surface area contributed by atoms with Crippen molar-refractivity contribution in [1.29, 1.82) is 0 Å². The molecule has 0 atom stereocenters. The van der Waals surface area contributed by atoms with Crippen LogP contribution in [0.2, 0.25) is 0 Å². The van der Waals surface area contributed by atoms with E-state index in [-0.39, 0.29) is 0 Å². The van der Waals surface area contributed by atoms with Gasteiger partial charge in [0.25, 0.3) is 7.42 Å². The van der Waals surface area contributed by atoms with Crippen LogP contribution in [-0.2, 0) is 0 Å². The van der Waals surface area contributed by atoms with Crippen molar-refractivity contribution in [3.63, 3.8) is 0 Å². The van der Waals surface area contributed by atoms with Crippen LogP contribution in [0.25, 0.3) is 5.20 Å². The molecule has 0 amide bonds. The zero-order valence-electron chi connectivity index (χ0n) is 6.80. The van der Waals surface area contributed by atoms with Gasteiger partial charge in [-0.25, -0.2) is 0 Å². The largest absolute Gasteiger partial charge is 0.266 e. The number of hydrogen-bond acceptors (Lipinski definition) is 0. The number of hydrogen-bond donors (Lipinski definition) is 0. The molecule has 0 spiro atoms. The van der Waals surface area contributed by atoms with Gasteiger partial charge < -0.3 is 0 Å². The first-order valence-electron chi connectivity index (χ1n) is 3.75. The van der Waals surface area contributed by atoms with Gasteiger partial charge in [0.2, 0.25) is 0 Å². The molecule has 1 aromatic rings. The highest BCUT2D eigenvalue weighted by atomic mass is 35.7. The predicted octanol–water partition coefficient (Wildman–Crippen LogP) is 3.33. The molecule has 0 unspecified atom stereocenters. The van der Waals surface area contributed by atoms with Crippen LogP contribution in [0.4, 0.5) is 0 Å². The Kier molecular flexibility index (Phi) is 3.86. The van der Waals surface area contributed by atoms with Crippen molar-refractivity contribution < 1.29 is 0 Å². The van der Waals surface area contributed by atoms with Crippen molar-refractivity contribution in [3.05, 3.63) is 42.0 Å². The Morgan fingerprint density at radius 3 is 2.25 bits per heavy atom. The molecule has 0 radical (unpaired) electrons. The summed E-state index contributed by atoms with van der Waals surface area (Å²) in [7, 11) is -1.71. The van der Waals surface area contributed by atoms with E-state index in [2.05, 4.69) is 0 Å². The third-order valence-electron chi connectivity index (χ3n) is 1.65. The fourth-order valence-electron chi connectivity index (χ4n) is 1.05. The highest BCUT2D eigenvalue weighted by molar-refractivity contribution is 7.41. The lowest BCUT2D eigenvalue weighted by molar-refractivity contribution is 1.63. The third-order valence-corrected chi connectivity index (χ3v) is 4.20. The third kappa shape index (κ3) is 2.37. The van der Waals surface area contributed by atoms with Crippen LogP contribution in [0.1, 0.15) is 12.5 Å².